The molecule has 1 aromatic carbocycles. The van der Waals surface area contributed by atoms with E-state index in [1.54, 1.807) is 0 Å². The monoisotopic (exact) mass is 287 g/mol. The van der Waals surface area contributed by atoms with E-state index < -0.39 is 12.6 Å². The molecule has 0 spiro atoms. The second kappa shape index (κ2) is 8.45. The van der Waals surface area contributed by atoms with E-state index in [4.69, 9.17) is 0 Å². The molecule has 0 aliphatic carbocycles. The molecule has 0 radical (unpaired) electrons. The van der Waals surface area contributed by atoms with Crippen molar-refractivity contribution in [2.45, 2.75) is 25.9 Å². The SMILES string of the molecule is CCNC(=NCCC(F)(F)F)NCCc1ccccc1. The van der Waals surface area contributed by atoms with Crippen LogP contribution in [0.25, 0.3) is 0 Å². The fourth-order valence-corrected chi connectivity index (χ4v) is 1.61. The van der Waals surface area contributed by atoms with Gasteiger partial charge < -0.3 is 10.6 Å². The average Bonchev–Trinajstić information content (AvgIpc) is 2.38. The Morgan fingerprint density at radius 3 is 2.45 bits per heavy atom. The number of benzene rings is 1. The molecule has 2 N–H and O–H groups in total. The van der Waals surface area contributed by atoms with Crippen LogP contribution in [0.3, 0.4) is 0 Å². The number of nitrogens with zero attached hydrogens (tertiary/aromatic N) is 1. The molecule has 0 amide bonds. The number of alkyl halides is 3. The first kappa shape index (κ1) is 16.3. The molecular formula is C14H20F3N3. The fourth-order valence-electron chi connectivity index (χ4n) is 1.61. The zero-order chi connectivity index (χ0) is 14.8. The molecule has 0 aliphatic rings. The lowest BCUT2D eigenvalue weighted by atomic mass is 10.1. The minimum absolute atomic E-state index is 0.260. The van der Waals surface area contributed by atoms with Crippen LogP contribution in [0.5, 0.6) is 0 Å². The van der Waals surface area contributed by atoms with Crippen molar-refractivity contribution in [3.05, 3.63) is 35.9 Å². The maximum atomic E-state index is 12.1. The van der Waals surface area contributed by atoms with E-state index in [-0.39, 0.29) is 6.54 Å². The molecule has 0 atom stereocenters. The normalized spacial score (nSPS) is 12.3. The Balaban J connectivity index is 2.36. The number of nitrogens with one attached hydrogen (secondary N) is 2. The van der Waals surface area contributed by atoms with Crippen molar-refractivity contribution >= 4 is 5.96 Å². The lowest BCUT2D eigenvalue weighted by Gasteiger charge is -2.11. The molecule has 0 fully saturated rings. The topological polar surface area (TPSA) is 36.4 Å². The summed E-state index contributed by atoms with van der Waals surface area (Å²) < 4.78 is 36.2. The zero-order valence-corrected chi connectivity index (χ0v) is 11.5. The van der Waals surface area contributed by atoms with E-state index in [0.29, 0.717) is 19.0 Å². The molecule has 1 aromatic rings. The number of hydrogen-bond acceptors (Lipinski definition) is 1. The summed E-state index contributed by atoms with van der Waals surface area (Å²) in [4.78, 5) is 3.90. The maximum absolute atomic E-state index is 12.1. The van der Waals surface area contributed by atoms with Crippen LogP contribution >= 0.6 is 0 Å². The van der Waals surface area contributed by atoms with Gasteiger partial charge in [0.05, 0.1) is 13.0 Å². The summed E-state index contributed by atoms with van der Waals surface area (Å²) in [6.07, 6.45) is -4.27. The molecule has 20 heavy (non-hydrogen) atoms. The highest BCUT2D eigenvalue weighted by atomic mass is 19.4. The molecule has 0 bridgehead atoms. The molecule has 0 saturated carbocycles. The van der Waals surface area contributed by atoms with Gasteiger partial charge in [0, 0.05) is 13.1 Å². The Hall–Kier alpha value is -1.72. The Morgan fingerprint density at radius 2 is 1.85 bits per heavy atom. The first-order valence-electron chi connectivity index (χ1n) is 6.64. The van der Waals surface area contributed by atoms with Gasteiger partial charge in [0.25, 0.3) is 0 Å². The molecule has 1 rings (SSSR count). The van der Waals surface area contributed by atoms with Crippen molar-refractivity contribution in [2.75, 3.05) is 19.6 Å². The third-order valence-corrected chi connectivity index (χ3v) is 2.56. The van der Waals surface area contributed by atoms with Crippen molar-refractivity contribution in [3.8, 4) is 0 Å². The fraction of sp³-hybridized carbons (Fsp3) is 0.500. The Kier molecular flexibility index (Phi) is 6.90. The van der Waals surface area contributed by atoms with E-state index in [1.165, 1.54) is 5.56 Å². The molecule has 3 nitrogen and oxygen atoms in total. The van der Waals surface area contributed by atoms with Crippen LogP contribution < -0.4 is 10.6 Å². The average molecular weight is 287 g/mol. The minimum atomic E-state index is -4.16. The standard InChI is InChI=1S/C14H20F3N3/c1-2-18-13(20-11-9-14(15,16)17)19-10-8-12-6-4-3-5-7-12/h3-7H,2,8-11H2,1H3,(H2,18,19,20). The molecule has 0 unspecified atom stereocenters. The maximum Gasteiger partial charge on any atom is 0.390 e. The number of halogens is 3. The summed E-state index contributed by atoms with van der Waals surface area (Å²) in [7, 11) is 0. The first-order chi connectivity index (χ1) is 9.51. The van der Waals surface area contributed by atoms with Gasteiger partial charge in [0.2, 0.25) is 0 Å². The van der Waals surface area contributed by atoms with Crippen LogP contribution in [0.2, 0.25) is 0 Å². The lowest BCUT2D eigenvalue weighted by Crippen LogP contribution is -2.38. The highest BCUT2D eigenvalue weighted by molar-refractivity contribution is 5.79. The summed E-state index contributed by atoms with van der Waals surface area (Å²) in [6.45, 7) is 2.85. The highest BCUT2D eigenvalue weighted by Crippen LogP contribution is 2.18. The van der Waals surface area contributed by atoms with Crippen molar-refractivity contribution in [1.29, 1.82) is 0 Å². The summed E-state index contributed by atoms with van der Waals surface area (Å²) in [5.41, 5.74) is 1.17. The van der Waals surface area contributed by atoms with E-state index in [2.05, 4.69) is 15.6 Å². The second-order valence-electron chi connectivity index (χ2n) is 4.29. The van der Waals surface area contributed by atoms with Crippen LogP contribution in [0.1, 0.15) is 18.9 Å². The molecular weight excluding hydrogens is 267 g/mol. The van der Waals surface area contributed by atoms with Gasteiger partial charge in [-0.05, 0) is 18.9 Å². The quantitative estimate of drug-likeness (QED) is 0.623. The number of rotatable bonds is 6. The third-order valence-electron chi connectivity index (χ3n) is 2.56. The van der Waals surface area contributed by atoms with E-state index in [1.807, 2.05) is 37.3 Å². The largest absolute Gasteiger partial charge is 0.390 e. The minimum Gasteiger partial charge on any atom is -0.357 e. The van der Waals surface area contributed by atoms with Crippen LogP contribution in [-0.4, -0.2) is 31.8 Å². The van der Waals surface area contributed by atoms with Crippen LogP contribution in [0.4, 0.5) is 13.2 Å². The van der Waals surface area contributed by atoms with Gasteiger partial charge in [-0.3, -0.25) is 4.99 Å². The van der Waals surface area contributed by atoms with Crippen molar-refractivity contribution in [3.63, 3.8) is 0 Å². The van der Waals surface area contributed by atoms with Crippen molar-refractivity contribution in [2.24, 2.45) is 4.99 Å². The molecule has 0 saturated heterocycles. The van der Waals surface area contributed by atoms with Crippen LogP contribution in [-0.2, 0) is 6.42 Å². The highest BCUT2D eigenvalue weighted by Gasteiger charge is 2.26. The van der Waals surface area contributed by atoms with Crippen LogP contribution in [0, 0.1) is 0 Å². The van der Waals surface area contributed by atoms with E-state index in [0.717, 1.165) is 6.42 Å². The molecule has 0 aromatic heterocycles. The van der Waals surface area contributed by atoms with Crippen LogP contribution in [0.15, 0.2) is 35.3 Å². The summed E-state index contributed by atoms with van der Waals surface area (Å²) in [6, 6.07) is 9.88. The van der Waals surface area contributed by atoms with Gasteiger partial charge >= 0.3 is 6.18 Å². The number of guanidine groups is 1. The lowest BCUT2D eigenvalue weighted by molar-refractivity contribution is -0.132. The Bertz CT molecular complexity index is 402. The molecule has 0 aliphatic heterocycles. The first-order valence-corrected chi connectivity index (χ1v) is 6.64. The Labute approximate surface area is 117 Å². The van der Waals surface area contributed by atoms with Gasteiger partial charge in [-0.25, -0.2) is 0 Å². The molecule has 6 heteroatoms. The van der Waals surface area contributed by atoms with Gasteiger partial charge in [0.1, 0.15) is 0 Å². The summed E-state index contributed by atoms with van der Waals surface area (Å²) in [5.74, 6) is 0.424. The van der Waals surface area contributed by atoms with Crippen molar-refractivity contribution in [1.82, 2.24) is 10.6 Å². The summed E-state index contributed by atoms with van der Waals surface area (Å²) in [5, 5.41) is 5.95. The van der Waals surface area contributed by atoms with Gasteiger partial charge in [-0.15, -0.1) is 0 Å². The molecule has 0 heterocycles. The third kappa shape index (κ3) is 7.66. The predicted molar refractivity (Wildman–Crippen MR) is 74.8 cm³/mol. The zero-order valence-electron chi connectivity index (χ0n) is 11.5. The smallest absolute Gasteiger partial charge is 0.357 e. The van der Waals surface area contributed by atoms with Gasteiger partial charge in [0.15, 0.2) is 5.96 Å². The number of aliphatic imine (C=N–C) groups is 1. The van der Waals surface area contributed by atoms with E-state index >= 15 is 0 Å². The van der Waals surface area contributed by atoms with Gasteiger partial charge in [-0.2, -0.15) is 13.2 Å². The molecule has 112 valence electrons. The van der Waals surface area contributed by atoms with Gasteiger partial charge in [-0.1, -0.05) is 30.3 Å². The Morgan fingerprint density at radius 1 is 1.15 bits per heavy atom. The number of hydrogen-bond donors (Lipinski definition) is 2. The second-order valence-corrected chi connectivity index (χ2v) is 4.29. The van der Waals surface area contributed by atoms with Crippen molar-refractivity contribution < 1.29 is 13.2 Å². The predicted octanol–water partition coefficient (Wildman–Crippen LogP) is 2.74. The summed E-state index contributed by atoms with van der Waals surface area (Å²) >= 11 is 0. The van der Waals surface area contributed by atoms with E-state index in [9.17, 15) is 13.2 Å².